The lowest BCUT2D eigenvalue weighted by Gasteiger charge is -2.40. The Kier molecular flexibility index (Phi) is 3.19. The summed E-state index contributed by atoms with van der Waals surface area (Å²) >= 11 is 0. The average Bonchev–Trinajstić information content (AvgIpc) is 3.23. The van der Waals surface area contributed by atoms with Gasteiger partial charge in [0, 0.05) is 43.0 Å². The van der Waals surface area contributed by atoms with Crippen molar-refractivity contribution in [2.75, 3.05) is 29.4 Å². The van der Waals surface area contributed by atoms with Gasteiger partial charge in [0.05, 0.1) is 24.1 Å². The van der Waals surface area contributed by atoms with E-state index in [0.717, 1.165) is 48.3 Å². The smallest absolute Gasteiger partial charge is 0.227 e. The molecule has 2 aliphatic heterocycles. The molecule has 0 spiro atoms. The fourth-order valence-corrected chi connectivity index (χ4v) is 3.63. The van der Waals surface area contributed by atoms with Crippen molar-refractivity contribution in [1.82, 2.24) is 20.0 Å². The first kappa shape index (κ1) is 14.4. The first-order valence-corrected chi connectivity index (χ1v) is 8.59. The van der Waals surface area contributed by atoms with E-state index in [4.69, 9.17) is 0 Å². The van der Waals surface area contributed by atoms with Crippen molar-refractivity contribution >= 4 is 28.2 Å². The van der Waals surface area contributed by atoms with E-state index in [1.165, 1.54) is 0 Å². The van der Waals surface area contributed by atoms with Gasteiger partial charge >= 0.3 is 0 Å². The van der Waals surface area contributed by atoms with Gasteiger partial charge in [0.25, 0.3) is 0 Å². The van der Waals surface area contributed by atoms with Crippen LogP contribution in [0.25, 0.3) is 10.8 Å². The van der Waals surface area contributed by atoms with Crippen LogP contribution in [-0.2, 0) is 4.79 Å². The lowest BCUT2D eigenvalue weighted by atomic mass is 10.1. The molecule has 2 aromatic heterocycles. The molecular weight excluding hydrogens is 316 g/mol. The fraction of sp³-hybridized carbons (Fsp3) is 0.333. The molecule has 126 valence electrons. The molecule has 0 bridgehead atoms. The van der Waals surface area contributed by atoms with Crippen LogP contribution in [0.2, 0.25) is 0 Å². The number of fused-ring (bicyclic) bond motifs is 1. The van der Waals surface area contributed by atoms with E-state index in [2.05, 4.69) is 32.3 Å². The molecule has 2 fully saturated rings. The molecule has 1 aromatic carbocycles. The summed E-state index contributed by atoms with van der Waals surface area (Å²) in [7, 11) is 0. The largest absolute Gasteiger partial charge is 0.350 e. The Morgan fingerprint density at radius 2 is 2.00 bits per heavy atom. The summed E-state index contributed by atoms with van der Waals surface area (Å²) in [6, 6.07) is 8.47. The molecule has 0 N–H and O–H groups in total. The Hall–Kier alpha value is -2.96. The minimum atomic E-state index is 0.195. The molecule has 4 heterocycles. The minimum absolute atomic E-state index is 0.195. The number of hydrogen-bond acceptors (Lipinski definition) is 5. The molecule has 0 radical (unpaired) electrons. The van der Waals surface area contributed by atoms with Gasteiger partial charge in [0.15, 0.2) is 5.82 Å². The van der Waals surface area contributed by atoms with E-state index in [1.807, 2.05) is 27.9 Å². The number of amides is 1. The number of hydrogen-bond donors (Lipinski definition) is 0. The highest BCUT2D eigenvalue weighted by atomic mass is 16.2. The van der Waals surface area contributed by atoms with Gasteiger partial charge in [-0.2, -0.15) is 10.2 Å². The van der Waals surface area contributed by atoms with Crippen molar-refractivity contribution in [2.45, 2.75) is 18.9 Å². The number of benzene rings is 1. The van der Waals surface area contributed by atoms with Gasteiger partial charge < -0.3 is 9.80 Å². The maximum Gasteiger partial charge on any atom is 0.227 e. The van der Waals surface area contributed by atoms with Crippen LogP contribution in [0, 0.1) is 0 Å². The van der Waals surface area contributed by atoms with Crippen molar-refractivity contribution in [3.8, 4) is 0 Å². The lowest BCUT2D eigenvalue weighted by molar-refractivity contribution is -0.117. The second-order valence-corrected chi connectivity index (χ2v) is 6.64. The molecule has 2 aliphatic rings. The third kappa shape index (κ3) is 2.34. The monoisotopic (exact) mass is 334 g/mol. The minimum Gasteiger partial charge on any atom is -0.350 e. The Morgan fingerprint density at radius 1 is 1.12 bits per heavy atom. The van der Waals surface area contributed by atoms with Crippen LogP contribution in [-0.4, -0.2) is 45.5 Å². The summed E-state index contributed by atoms with van der Waals surface area (Å²) in [5.41, 5.74) is 0.908. The fourth-order valence-electron chi connectivity index (χ4n) is 3.63. The van der Waals surface area contributed by atoms with E-state index in [0.29, 0.717) is 12.5 Å². The molecule has 5 rings (SSSR count). The van der Waals surface area contributed by atoms with Crippen LogP contribution in [0.1, 0.15) is 18.9 Å². The van der Waals surface area contributed by atoms with Crippen molar-refractivity contribution in [2.24, 2.45) is 0 Å². The van der Waals surface area contributed by atoms with Gasteiger partial charge in [0.2, 0.25) is 5.91 Å². The molecule has 0 aliphatic carbocycles. The van der Waals surface area contributed by atoms with Crippen LogP contribution in [0.3, 0.4) is 0 Å². The van der Waals surface area contributed by atoms with E-state index >= 15 is 0 Å². The van der Waals surface area contributed by atoms with Crippen LogP contribution >= 0.6 is 0 Å². The third-order valence-electron chi connectivity index (χ3n) is 5.06. The van der Waals surface area contributed by atoms with Gasteiger partial charge in [-0.1, -0.05) is 24.3 Å². The van der Waals surface area contributed by atoms with Gasteiger partial charge in [-0.05, 0) is 6.42 Å². The van der Waals surface area contributed by atoms with Crippen LogP contribution in [0.4, 0.5) is 11.5 Å². The Balaban J connectivity index is 1.33. The van der Waals surface area contributed by atoms with E-state index in [1.54, 1.807) is 12.4 Å². The van der Waals surface area contributed by atoms with Crippen molar-refractivity contribution < 1.29 is 4.79 Å². The Morgan fingerprint density at radius 3 is 2.84 bits per heavy atom. The van der Waals surface area contributed by atoms with Crippen molar-refractivity contribution in [3.05, 3.63) is 42.9 Å². The first-order chi connectivity index (χ1) is 12.3. The summed E-state index contributed by atoms with van der Waals surface area (Å²) in [4.78, 5) is 15.9. The van der Waals surface area contributed by atoms with Gasteiger partial charge in [0.1, 0.15) is 0 Å². The number of carbonyl (C=O) groups excluding carboxylic acids is 1. The number of nitrogens with zero attached hydrogens (tertiary/aromatic N) is 6. The first-order valence-electron chi connectivity index (χ1n) is 8.59. The highest BCUT2D eigenvalue weighted by molar-refractivity contribution is 5.95. The molecule has 0 unspecified atom stereocenters. The SMILES string of the molecule is O=C1CCCN1c1cnn(C2CN(c3nncc4ccccc34)C2)c1. The standard InChI is InChI=1S/C18H18N6O/c25-17-6-3-7-23(17)14-9-20-24(12-14)15-10-22(11-15)18-16-5-2-1-4-13(16)8-19-21-18/h1-2,4-5,8-9,12,15H,3,6-7,10-11H2. The number of aromatic nitrogens is 4. The molecule has 7 heteroatoms. The molecule has 0 saturated carbocycles. The normalized spacial score (nSPS) is 18.2. The predicted octanol–water partition coefficient (Wildman–Crippen LogP) is 2.01. The molecule has 25 heavy (non-hydrogen) atoms. The molecular formula is C18H18N6O. The maximum atomic E-state index is 11.9. The summed E-state index contributed by atoms with van der Waals surface area (Å²) in [6.45, 7) is 2.49. The zero-order valence-corrected chi connectivity index (χ0v) is 13.7. The Labute approximate surface area is 144 Å². The second kappa shape index (κ2) is 5.54. The number of anilines is 2. The van der Waals surface area contributed by atoms with E-state index in [-0.39, 0.29) is 5.91 Å². The van der Waals surface area contributed by atoms with Gasteiger partial charge in [-0.3, -0.25) is 9.48 Å². The van der Waals surface area contributed by atoms with E-state index < -0.39 is 0 Å². The van der Waals surface area contributed by atoms with Crippen LogP contribution in [0.5, 0.6) is 0 Å². The summed E-state index contributed by atoms with van der Waals surface area (Å²) in [6.07, 6.45) is 7.15. The molecule has 1 amide bonds. The quantitative estimate of drug-likeness (QED) is 0.733. The van der Waals surface area contributed by atoms with Crippen molar-refractivity contribution in [1.29, 1.82) is 0 Å². The Bertz CT molecular complexity index is 940. The molecule has 2 saturated heterocycles. The van der Waals surface area contributed by atoms with E-state index in [9.17, 15) is 4.79 Å². The summed E-state index contributed by atoms with van der Waals surface area (Å²) < 4.78 is 1.97. The highest BCUT2D eigenvalue weighted by Gasteiger charge is 2.32. The average molecular weight is 334 g/mol. The predicted molar refractivity (Wildman–Crippen MR) is 94.6 cm³/mol. The van der Waals surface area contributed by atoms with Crippen molar-refractivity contribution in [3.63, 3.8) is 0 Å². The topological polar surface area (TPSA) is 67.2 Å². The maximum absolute atomic E-state index is 11.9. The summed E-state index contributed by atoms with van der Waals surface area (Å²) in [5.74, 6) is 1.12. The highest BCUT2D eigenvalue weighted by Crippen LogP contribution is 2.32. The van der Waals surface area contributed by atoms with Crippen LogP contribution < -0.4 is 9.80 Å². The second-order valence-electron chi connectivity index (χ2n) is 6.64. The molecule has 0 atom stereocenters. The number of carbonyl (C=O) groups is 1. The lowest BCUT2D eigenvalue weighted by Crippen LogP contribution is -2.48. The molecule has 3 aromatic rings. The van der Waals surface area contributed by atoms with Gasteiger partial charge in [-0.15, -0.1) is 5.10 Å². The zero-order chi connectivity index (χ0) is 16.8. The summed E-state index contributed by atoms with van der Waals surface area (Å²) in [5, 5.41) is 15.1. The molecule has 7 nitrogen and oxygen atoms in total. The van der Waals surface area contributed by atoms with Gasteiger partial charge in [-0.25, -0.2) is 0 Å². The number of rotatable bonds is 3. The van der Waals surface area contributed by atoms with Crippen LogP contribution in [0.15, 0.2) is 42.9 Å². The zero-order valence-electron chi connectivity index (χ0n) is 13.7. The third-order valence-corrected chi connectivity index (χ3v) is 5.06.